The van der Waals surface area contributed by atoms with Crippen molar-refractivity contribution in [3.05, 3.63) is 40.9 Å². The summed E-state index contributed by atoms with van der Waals surface area (Å²) in [6, 6.07) is 4.50. The highest BCUT2D eigenvalue weighted by molar-refractivity contribution is 7.89. The van der Waals surface area contributed by atoms with E-state index >= 15 is 0 Å². The number of nitrogens with one attached hydrogen (secondary N) is 1. The molecular formula is C20H27ClN2O3S. The lowest BCUT2D eigenvalue weighted by atomic mass is 9.94. The molecule has 1 unspecified atom stereocenters. The molecule has 1 fully saturated rings. The van der Waals surface area contributed by atoms with Crippen LogP contribution in [-0.2, 0) is 10.0 Å². The van der Waals surface area contributed by atoms with E-state index in [1.807, 2.05) is 0 Å². The Morgan fingerprint density at radius 2 is 1.89 bits per heavy atom. The maximum atomic E-state index is 13.0. The zero-order chi connectivity index (χ0) is 19.3. The first kappa shape index (κ1) is 20.4. The predicted molar refractivity (Wildman–Crippen MR) is 107 cm³/mol. The van der Waals surface area contributed by atoms with Gasteiger partial charge in [-0.2, -0.15) is 4.31 Å². The molecule has 1 aromatic rings. The molecule has 2 aliphatic rings. The fourth-order valence-electron chi connectivity index (χ4n) is 3.64. The van der Waals surface area contributed by atoms with Crippen molar-refractivity contribution in [2.45, 2.75) is 49.8 Å². The van der Waals surface area contributed by atoms with Crippen molar-refractivity contribution < 1.29 is 13.2 Å². The molecule has 1 atom stereocenters. The van der Waals surface area contributed by atoms with Crippen LogP contribution in [0.5, 0.6) is 0 Å². The predicted octanol–water partition coefficient (Wildman–Crippen LogP) is 3.99. The Bertz CT molecular complexity index is 799. The van der Waals surface area contributed by atoms with E-state index < -0.39 is 10.0 Å². The second-order valence-electron chi connectivity index (χ2n) is 7.32. The zero-order valence-electron chi connectivity index (χ0n) is 15.5. The van der Waals surface area contributed by atoms with E-state index in [1.165, 1.54) is 16.4 Å². The van der Waals surface area contributed by atoms with Gasteiger partial charge in [0.1, 0.15) is 4.90 Å². The van der Waals surface area contributed by atoms with E-state index in [0.717, 1.165) is 44.9 Å². The van der Waals surface area contributed by atoms with Crippen LogP contribution in [0.3, 0.4) is 0 Å². The van der Waals surface area contributed by atoms with E-state index in [4.69, 9.17) is 11.6 Å². The molecule has 0 spiro atoms. The minimum atomic E-state index is -3.70. The summed E-state index contributed by atoms with van der Waals surface area (Å²) in [4.78, 5) is 12.6. The molecule has 3 rings (SSSR count). The van der Waals surface area contributed by atoms with Gasteiger partial charge in [-0.05, 0) is 56.2 Å². The Balaban J connectivity index is 1.74. The summed E-state index contributed by atoms with van der Waals surface area (Å²) in [6.07, 6.45) is 11.2. The second-order valence-corrected chi connectivity index (χ2v) is 9.64. The number of carbonyl (C=O) groups is 1. The number of hydrogen-bond acceptors (Lipinski definition) is 3. The standard InChI is InChI=1S/C20H27ClN2O3S/c21-18-11-10-17(20(24)22-15-16-8-4-3-5-9-16)14-19(18)27(25,26)23-12-6-1-2-7-13-23/h3-4,10-11,14,16H,1-2,5-9,12-13,15H2,(H,22,24). The highest BCUT2D eigenvalue weighted by Gasteiger charge is 2.28. The number of benzene rings is 1. The third-order valence-electron chi connectivity index (χ3n) is 5.31. The lowest BCUT2D eigenvalue weighted by molar-refractivity contribution is 0.0946. The lowest BCUT2D eigenvalue weighted by Gasteiger charge is -2.21. The van der Waals surface area contributed by atoms with Gasteiger partial charge in [-0.1, -0.05) is 36.6 Å². The molecule has 1 saturated heterocycles. The van der Waals surface area contributed by atoms with Gasteiger partial charge in [0.25, 0.3) is 5.91 Å². The van der Waals surface area contributed by atoms with Gasteiger partial charge in [0, 0.05) is 25.2 Å². The first-order chi connectivity index (χ1) is 13.0. The molecule has 0 radical (unpaired) electrons. The summed E-state index contributed by atoms with van der Waals surface area (Å²) in [5, 5.41) is 3.09. The van der Waals surface area contributed by atoms with Gasteiger partial charge in [0.2, 0.25) is 10.0 Å². The van der Waals surface area contributed by atoms with Gasteiger partial charge in [-0.25, -0.2) is 8.42 Å². The van der Waals surface area contributed by atoms with Gasteiger partial charge >= 0.3 is 0 Å². The normalized spacial score (nSPS) is 21.6. The molecule has 0 saturated carbocycles. The second kappa shape index (κ2) is 9.22. The fourth-order valence-corrected chi connectivity index (χ4v) is 5.66. The summed E-state index contributed by atoms with van der Waals surface area (Å²) in [5.41, 5.74) is 0.333. The Morgan fingerprint density at radius 3 is 2.56 bits per heavy atom. The number of rotatable bonds is 5. The molecule has 1 aliphatic heterocycles. The largest absolute Gasteiger partial charge is 0.352 e. The third kappa shape index (κ3) is 5.12. The van der Waals surface area contributed by atoms with Gasteiger partial charge in [-0.3, -0.25) is 4.79 Å². The summed E-state index contributed by atoms with van der Waals surface area (Å²) in [7, 11) is -3.70. The fraction of sp³-hybridized carbons (Fsp3) is 0.550. The number of sulfonamides is 1. The van der Waals surface area contributed by atoms with Crippen LogP contribution in [0, 0.1) is 5.92 Å². The van der Waals surface area contributed by atoms with E-state index in [2.05, 4.69) is 17.5 Å². The molecule has 1 aliphatic carbocycles. The molecule has 7 heteroatoms. The average molecular weight is 411 g/mol. The Morgan fingerprint density at radius 1 is 1.15 bits per heavy atom. The Labute approximate surface area is 166 Å². The minimum absolute atomic E-state index is 0.0271. The molecule has 0 aromatic heterocycles. The quantitative estimate of drug-likeness (QED) is 0.746. The van der Waals surface area contributed by atoms with Crippen LogP contribution in [0.4, 0.5) is 0 Å². The van der Waals surface area contributed by atoms with E-state index in [0.29, 0.717) is 31.1 Å². The molecule has 5 nitrogen and oxygen atoms in total. The highest BCUT2D eigenvalue weighted by atomic mass is 35.5. The molecule has 1 aromatic carbocycles. The van der Waals surface area contributed by atoms with Gasteiger partial charge < -0.3 is 5.32 Å². The molecule has 27 heavy (non-hydrogen) atoms. The first-order valence-corrected chi connectivity index (χ1v) is 11.5. The summed E-state index contributed by atoms with van der Waals surface area (Å²) in [5.74, 6) is 0.181. The number of nitrogens with zero attached hydrogens (tertiary/aromatic N) is 1. The van der Waals surface area contributed by atoms with Crippen molar-refractivity contribution in [3.8, 4) is 0 Å². The van der Waals surface area contributed by atoms with Crippen molar-refractivity contribution in [1.29, 1.82) is 0 Å². The number of hydrogen-bond donors (Lipinski definition) is 1. The van der Waals surface area contributed by atoms with E-state index in [1.54, 1.807) is 6.07 Å². The molecule has 0 bridgehead atoms. The maximum absolute atomic E-state index is 13.0. The minimum Gasteiger partial charge on any atom is -0.352 e. The number of allylic oxidation sites excluding steroid dienone is 2. The van der Waals surface area contributed by atoms with E-state index in [-0.39, 0.29) is 15.8 Å². The highest BCUT2D eigenvalue weighted by Crippen LogP contribution is 2.28. The van der Waals surface area contributed by atoms with Gasteiger partial charge in [0.15, 0.2) is 0 Å². The van der Waals surface area contributed by atoms with E-state index in [9.17, 15) is 13.2 Å². The van der Waals surface area contributed by atoms with Crippen LogP contribution < -0.4 is 5.32 Å². The molecular weight excluding hydrogens is 384 g/mol. The molecule has 148 valence electrons. The first-order valence-electron chi connectivity index (χ1n) is 9.71. The monoisotopic (exact) mass is 410 g/mol. The maximum Gasteiger partial charge on any atom is 0.251 e. The van der Waals surface area contributed by atoms with Crippen molar-refractivity contribution in [2.24, 2.45) is 5.92 Å². The van der Waals surface area contributed by atoms with Crippen LogP contribution in [0.25, 0.3) is 0 Å². The number of carbonyl (C=O) groups excluding carboxylic acids is 1. The van der Waals surface area contributed by atoms with Crippen molar-refractivity contribution in [3.63, 3.8) is 0 Å². The van der Waals surface area contributed by atoms with Crippen LogP contribution >= 0.6 is 11.6 Å². The summed E-state index contributed by atoms with van der Waals surface area (Å²) < 4.78 is 27.6. The molecule has 1 N–H and O–H groups in total. The van der Waals surface area contributed by atoms with Crippen molar-refractivity contribution in [2.75, 3.05) is 19.6 Å². The van der Waals surface area contributed by atoms with Crippen molar-refractivity contribution >= 4 is 27.5 Å². The number of amides is 1. The third-order valence-corrected chi connectivity index (χ3v) is 7.69. The SMILES string of the molecule is O=C(NCC1CC=CCC1)c1ccc(Cl)c(S(=O)(=O)N2CCCCCC2)c1. The molecule has 1 amide bonds. The number of halogens is 1. The summed E-state index contributed by atoms with van der Waals surface area (Å²) in [6.45, 7) is 1.61. The van der Waals surface area contributed by atoms with Crippen LogP contribution in [0.2, 0.25) is 5.02 Å². The molecule has 1 heterocycles. The Hall–Kier alpha value is -1.37. The summed E-state index contributed by atoms with van der Waals surface area (Å²) >= 11 is 6.20. The topological polar surface area (TPSA) is 66.5 Å². The van der Waals surface area contributed by atoms with Gasteiger partial charge in [-0.15, -0.1) is 0 Å². The van der Waals surface area contributed by atoms with Gasteiger partial charge in [0.05, 0.1) is 5.02 Å². The lowest BCUT2D eigenvalue weighted by Crippen LogP contribution is -2.33. The zero-order valence-corrected chi connectivity index (χ0v) is 17.1. The van der Waals surface area contributed by atoms with Crippen molar-refractivity contribution in [1.82, 2.24) is 9.62 Å². The Kier molecular flexibility index (Phi) is 6.95. The average Bonchev–Trinajstić information content (AvgIpc) is 2.97. The van der Waals surface area contributed by atoms with Crippen LogP contribution in [0.1, 0.15) is 55.3 Å². The smallest absolute Gasteiger partial charge is 0.251 e. The van der Waals surface area contributed by atoms with Crippen LogP contribution in [0.15, 0.2) is 35.2 Å². The van der Waals surface area contributed by atoms with Crippen LogP contribution in [-0.4, -0.2) is 38.3 Å².